The molecule has 4 nitrogen and oxygen atoms in total. The van der Waals surface area contributed by atoms with E-state index in [9.17, 15) is 4.79 Å². The minimum Gasteiger partial charge on any atom is -0.496 e. The Bertz CT molecular complexity index is 961. The van der Waals surface area contributed by atoms with E-state index in [0.717, 1.165) is 48.4 Å². The molecule has 4 heteroatoms. The maximum Gasteiger partial charge on any atom is 0.253 e. The van der Waals surface area contributed by atoms with Crippen molar-refractivity contribution in [2.45, 2.75) is 19.4 Å². The summed E-state index contributed by atoms with van der Waals surface area (Å²) in [4.78, 5) is 14.6. The van der Waals surface area contributed by atoms with Crippen molar-refractivity contribution in [1.29, 1.82) is 0 Å². The highest BCUT2D eigenvalue weighted by Crippen LogP contribution is 2.25. The summed E-state index contributed by atoms with van der Waals surface area (Å²) in [6.45, 7) is 2.03. The predicted molar refractivity (Wildman–Crippen MR) is 106 cm³/mol. The number of hydrogen-bond acceptors (Lipinski definition) is 3. The van der Waals surface area contributed by atoms with E-state index in [1.54, 1.807) is 7.11 Å². The van der Waals surface area contributed by atoms with Gasteiger partial charge < -0.3 is 14.4 Å². The first-order valence-corrected chi connectivity index (χ1v) is 9.32. The quantitative estimate of drug-likeness (QED) is 0.663. The van der Waals surface area contributed by atoms with Gasteiger partial charge in [0.05, 0.1) is 7.11 Å². The van der Waals surface area contributed by atoms with Crippen LogP contribution < -0.4 is 9.47 Å². The number of benzene rings is 3. The molecule has 1 aliphatic heterocycles. The number of methoxy groups -OCH3 is 1. The molecule has 0 atom stereocenters. The first-order chi connectivity index (χ1) is 13.2. The van der Waals surface area contributed by atoms with E-state index in [4.69, 9.17) is 9.47 Å². The van der Waals surface area contributed by atoms with E-state index in [1.165, 1.54) is 5.39 Å². The molecule has 1 amide bonds. The monoisotopic (exact) mass is 361 g/mol. The second-order valence-electron chi connectivity index (χ2n) is 6.82. The Morgan fingerprint density at radius 1 is 0.963 bits per heavy atom. The van der Waals surface area contributed by atoms with Crippen LogP contribution in [0.5, 0.6) is 11.5 Å². The Labute approximate surface area is 159 Å². The lowest BCUT2D eigenvalue weighted by atomic mass is 10.1. The van der Waals surface area contributed by atoms with Crippen LogP contribution in [-0.2, 0) is 6.61 Å². The van der Waals surface area contributed by atoms with Crippen molar-refractivity contribution in [3.05, 3.63) is 71.8 Å². The van der Waals surface area contributed by atoms with Crippen molar-refractivity contribution in [2.24, 2.45) is 0 Å². The molecular formula is C23H23NO3. The fourth-order valence-corrected chi connectivity index (χ4v) is 3.55. The summed E-state index contributed by atoms with van der Waals surface area (Å²) in [6, 6.07) is 19.8. The molecule has 0 aromatic heterocycles. The van der Waals surface area contributed by atoms with Crippen LogP contribution in [0.25, 0.3) is 10.8 Å². The molecule has 0 radical (unpaired) electrons. The number of likely N-dealkylation sites (tertiary alicyclic amines) is 1. The molecule has 3 aromatic carbocycles. The first kappa shape index (κ1) is 17.4. The summed E-state index contributed by atoms with van der Waals surface area (Å²) in [5.41, 5.74) is 1.56. The highest BCUT2D eigenvalue weighted by atomic mass is 16.5. The number of nitrogens with zero attached hydrogens (tertiary/aromatic N) is 1. The van der Waals surface area contributed by atoms with Crippen LogP contribution in [0.2, 0.25) is 0 Å². The highest BCUT2D eigenvalue weighted by molar-refractivity contribution is 5.94. The van der Waals surface area contributed by atoms with Crippen LogP contribution in [0.15, 0.2) is 60.7 Å². The van der Waals surface area contributed by atoms with Crippen LogP contribution in [0.4, 0.5) is 0 Å². The number of ether oxygens (including phenoxy) is 2. The van der Waals surface area contributed by atoms with Crippen molar-refractivity contribution in [2.75, 3.05) is 20.2 Å². The fraction of sp³-hybridized carbons (Fsp3) is 0.261. The Hall–Kier alpha value is -3.01. The third-order valence-electron chi connectivity index (χ3n) is 5.04. The van der Waals surface area contributed by atoms with Crippen LogP contribution >= 0.6 is 0 Å². The molecule has 0 unspecified atom stereocenters. The molecule has 1 aliphatic rings. The first-order valence-electron chi connectivity index (χ1n) is 9.32. The van der Waals surface area contributed by atoms with Gasteiger partial charge in [-0.2, -0.15) is 0 Å². The molecule has 138 valence electrons. The summed E-state index contributed by atoms with van der Waals surface area (Å²) in [5, 5.41) is 2.32. The summed E-state index contributed by atoms with van der Waals surface area (Å²) in [6.07, 6.45) is 2.17. The number of carbonyl (C=O) groups excluding carboxylic acids is 1. The van der Waals surface area contributed by atoms with Gasteiger partial charge in [-0.3, -0.25) is 4.79 Å². The number of carbonyl (C=O) groups is 1. The van der Waals surface area contributed by atoms with Gasteiger partial charge in [-0.05, 0) is 53.9 Å². The number of rotatable bonds is 5. The molecule has 1 heterocycles. The molecule has 4 rings (SSSR count). The van der Waals surface area contributed by atoms with E-state index in [0.29, 0.717) is 12.2 Å². The van der Waals surface area contributed by atoms with Crippen molar-refractivity contribution in [3.8, 4) is 11.5 Å². The number of fused-ring (bicyclic) bond motifs is 1. The average molecular weight is 361 g/mol. The Balaban J connectivity index is 1.54. The van der Waals surface area contributed by atoms with Crippen LogP contribution in [0, 0.1) is 0 Å². The van der Waals surface area contributed by atoms with Crippen molar-refractivity contribution in [1.82, 2.24) is 4.90 Å². The van der Waals surface area contributed by atoms with Gasteiger partial charge in [0, 0.05) is 24.2 Å². The SMILES string of the molecule is COc1ccc(C(=O)N2CCCC2)cc1COc1ccc2ccccc2c1. The van der Waals surface area contributed by atoms with Crippen molar-refractivity contribution < 1.29 is 14.3 Å². The lowest BCUT2D eigenvalue weighted by Gasteiger charge is -2.17. The van der Waals surface area contributed by atoms with Gasteiger partial charge in [0.1, 0.15) is 18.1 Å². The summed E-state index contributed by atoms with van der Waals surface area (Å²) in [7, 11) is 1.64. The van der Waals surface area contributed by atoms with Gasteiger partial charge in [0.2, 0.25) is 0 Å². The third-order valence-corrected chi connectivity index (χ3v) is 5.04. The van der Waals surface area contributed by atoms with Gasteiger partial charge in [0.25, 0.3) is 5.91 Å². The minimum atomic E-state index is 0.0853. The standard InChI is InChI=1S/C23H23NO3/c1-26-22-11-9-19(23(25)24-12-4-5-13-24)14-20(22)16-27-21-10-8-17-6-2-3-7-18(17)15-21/h2-3,6-11,14-15H,4-5,12-13,16H2,1H3. The molecule has 0 saturated carbocycles. The number of hydrogen-bond donors (Lipinski definition) is 0. The highest BCUT2D eigenvalue weighted by Gasteiger charge is 2.20. The second-order valence-corrected chi connectivity index (χ2v) is 6.82. The van der Waals surface area contributed by atoms with E-state index in [2.05, 4.69) is 18.2 Å². The van der Waals surface area contributed by atoms with Gasteiger partial charge in [-0.25, -0.2) is 0 Å². The lowest BCUT2D eigenvalue weighted by Crippen LogP contribution is -2.27. The molecule has 27 heavy (non-hydrogen) atoms. The average Bonchev–Trinajstić information content (AvgIpc) is 3.26. The Morgan fingerprint density at radius 3 is 2.52 bits per heavy atom. The van der Waals surface area contributed by atoms with Crippen LogP contribution in [0.1, 0.15) is 28.8 Å². The van der Waals surface area contributed by atoms with Gasteiger partial charge >= 0.3 is 0 Å². The zero-order valence-electron chi connectivity index (χ0n) is 15.5. The molecule has 1 fully saturated rings. The molecule has 0 bridgehead atoms. The van der Waals surface area contributed by atoms with Gasteiger partial charge in [-0.1, -0.05) is 30.3 Å². The van der Waals surface area contributed by atoms with Gasteiger partial charge in [-0.15, -0.1) is 0 Å². The predicted octanol–water partition coefficient (Wildman–Crippen LogP) is 4.66. The van der Waals surface area contributed by atoms with Crippen LogP contribution in [0.3, 0.4) is 0 Å². The minimum absolute atomic E-state index is 0.0853. The topological polar surface area (TPSA) is 38.8 Å². The Morgan fingerprint density at radius 2 is 1.74 bits per heavy atom. The third kappa shape index (κ3) is 3.75. The van der Waals surface area contributed by atoms with E-state index in [1.807, 2.05) is 47.4 Å². The lowest BCUT2D eigenvalue weighted by molar-refractivity contribution is 0.0792. The smallest absolute Gasteiger partial charge is 0.253 e. The van der Waals surface area contributed by atoms with E-state index < -0.39 is 0 Å². The molecule has 0 N–H and O–H groups in total. The maximum absolute atomic E-state index is 12.7. The zero-order valence-corrected chi connectivity index (χ0v) is 15.5. The van der Waals surface area contributed by atoms with Gasteiger partial charge in [0.15, 0.2) is 0 Å². The van der Waals surface area contributed by atoms with Crippen molar-refractivity contribution in [3.63, 3.8) is 0 Å². The molecule has 3 aromatic rings. The molecule has 0 spiro atoms. The zero-order chi connectivity index (χ0) is 18.6. The second kappa shape index (κ2) is 7.70. The summed E-state index contributed by atoms with van der Waals surface area (Å²) in [5.74, 6) is 1.61. The van der Waals surface area contributed by atoms with E-state index in [-0.39, 0.29) is 5.91 Å². The van der Waals surface area contributed by atoms with E-state index >= 15 is 0 Å². The maximum atomic E-state index is 12.7. The summed E-state index contributed by atoms with van der Waals surface area (Å²) >= 11 is 0. The normalized spacial score (nSPS) is 13.7. The summed E-state index contributed by atoms with van der Waals surface area (Å²) < 4.78 is 11.5. The Kier molecular flexibility index (Phi) is 4.97. The van der Waals surface area contributed by atoms with Crippen LogP contribution in [-0.4, -0.2) is 31.0 Å². The van der Waals surface area contributed by atoms with Crippen molar-refractivity contribution >= 4 is 16.7 Å². The fourth-order valence-electron chi connectivity index (χ4n) is 3.55. The molecule has 1 saturated heterocycles. The largest absolute Gasteiger partial charge is 0.496 e. The molecule has 0 aliphatic carbocycles. The number of amides is 1. The molecular weight excluding hydrogens is 338 g/mol.